The lowest BCUT2D eigenvalue weighted by atomic mass is 10.1. The van der Waals surface area contributed by atoms with Crippen molar-refractivity contribution in [3.05, 3.63) is 84.9 Å². The monoisotopic (exact) mass is 472 g/mol. The van der Waals surface area contributed by atoms with E-state index in [1.807, 2.05) is 12.1 Å². The molecule has 0 bridgehead atoms. The van der Waals surface area contributed by atoms with E-state index in [1.54, 1.807) is 11.8 Å². The molecular weight excluding hydrogens is 440 g/mol. The van der Waals surface area contributed by atoms with Crippen molar-refractivity contribution in [2.75, 3.05) is 5.75 Å². The van der Waals surface area contributed by atoms with Crippen LogP contribution in [0.1, 0.15) is 45.4 Å². The van der Waals surface area contributed by atoms with Crippen LogP contribution in [-0.2, 0) is 10.1 Å². The molecule has 1 N–H and O–H groups in total. The minimum Gasteiger partial charge on any atom is -0.508 e. The first-order valence-electron chi connectivity index (χ1n) is 11.0. The predicted octanol–water partition coefficient (Wildman–Crippen LogP) is 7.30. The van der Waals surface area contributed by atoms with Gasteiger partial charge >= 0.3 is 10.1 Å². The normalized spacial score (nSPS) is 10.8. The minimum absolute atomic E-state index is 0.0417. The summed E-state index contributed by atoms with van der Waals surface area (Å²) < 4.78 is 28.3. The molecule has 0 aromatic heterocycles. The van der Waals surface area contributed by atoms with Gasteiger partial charge < -0.3 is 9.29 Å². The first-order valence-corrected chi connectivity index (χ1v) is 13.4. The fourth-order valence-electron chi connectivity index (χ4n) is 2.86. The number of phenolic OH excluding ortho intramolecular Hbond substituents is 1. The van der Waals surface area contributed by atoms with E-state index < -0.39 is 10.1 Å². The number of phenols is 1. The van der Waals surface area contributed by atoms with Crippen LogP contribution in [0, 0.1) is 0 Å². The minimum atomic E-state index is -3.52. The van der Waals surface area contributed by atoms with Gasteiger partial charge in [0.1, 0.15) is 11.5 Å². The van der Waals surface area contributed by atoms with Gasteiger partial charge in [-0.05, 0) is 55.0 Å². The summed E-state index contributed by atoms with van der Waals surface area (Å²) in [5, 5.41) is 9.09. The Morgan fingerprint density at radius 2 is 1.22 bits per heavy atom. The van der Waals surface area contributed by atoms with E-state index in [0.29, 0.717) is 6.42 Å². The fraction of sp³-hybridized carbons (Fsp3) is 0.308. The highest BCUT2D eigenvalue weighted by atomic mass is 32.2. The van der Waals surface area contributed by atoms with E-state index in [0.717, 1.165) is 19.3 Å². The Kier molecular flexibility index (Phi) is 11.8. The third-order valence-corrected chi connectivity index (χ3v) is 6.78. The third kappa shape index (κ3) is 11.3. The molecule has 3 aromatic rings. The van der Waals surface area contributed by atoms with Gasteiger partial charge in [0.25, 0.3) is 0 Å². The average molecular weight is 473 g/mol. The maximum absolute atomic E-state index is 11.7. The Bertz CT molecular complexity index is 936. The van der Waals surface area contributed by atoms with Crippen LogP contribution in [0.15, 0.2) is 94.7 Å². The van der Waals surface area contributed by atoms with Crippen LogP contribution in [0.25, 0.3) is 0 Å². The quantitative estimate of drug-likeness (QED) is 0.234. The largest absolute Gasteiger partial charge is 0.508 e. The molecule has 0 aliphatic rings. The van der Waals surface area contributed by atoms with Crippen LogP contribution in [0.3, 0.4) is 0 Å². The summed E-state index contributed by atoms with van der Waals surface area (Å²) >= 11 is 1.79. The van der Waals surface area contributed by atoms with Crippen molar-refractivity contribution in [2.24, 2.45) is 0 Å². The topological polar surface area (TPSA) is 63.6 Å². The van der Waals surface area contributed by atoms with E-state index in [4.69, 9.17) is 9.29 Å². The molecule has 3 rings (SSSR count). The van der Waals surface area contributed by atoms with Gasteiger partial charge in [0.05, 0.1) is 5.75 Å². The molecule has 0 radical (unpaired) electrons. The van der Waals surface area contributed by atoms with Crippen LogP contribution in [0.5, 0.6) is 11.5 Å². The fourth-order valence-corrected chi connectivity index (χ4v) is 4.77. The maximum atomic E-state index is 11.7. The zero-order chi connectivity index (χ0) is 23.1. The molecule has 0 unspecified atom stereocenters. The molecule has 32 heavy (non-hydrogen) atoms. The number of unbranched alkanes of at least 4 members (excludes halogenated alkanes) is 5. The van der Waals surface area contributed by atoms with Crippen molar-refractivity contribution in [1.82, 2.24) is 0 Å². The SMILES string of the molecule is CCCCCCCCS(=O)(=O)Oc1ccc(O)cc1.c1ccc(Sc2ccccc2)cc1. The van der Waals surface area contributed by atoms with Crippen LogP contribution in [-0.4, -0.2) is 19.3 Å². The number of rotatable bonds is 11. The molecule has 0 fully saturated rings. The van der Waals surface area contributed by atoms with Gasteiger partial charge in [-0.3, -0.25) is 0 Å². The smallest absolute Gasteiger partial charge is 0.309 e. The van der Waals surface area contributed by atoms with E-state index in [1.165, 1.54) is 46.9 Å². The van der Waals surface area contributed by atoms with Gasteiger partial charge in [-0.2, -0.15) is 8.42 Å². The second-order valence-corrected chi connectivity index (χ2v) is 10.2. The Morgan fingerprint density at radius 3 is 1.75 bits per heavy atom. The summed E-state index contributed by atoms with van der Waals surface area (Å²) in [4.78, 5) is 2.57. The highest BCUT2D eigenvalue weighted by Gasteiger charge is 2.12. The molecule has 0 amide bonds. The standard InChI is InChI=1S/C14H22O4S.C12H10S/c1-2-3-4-5-6-7-12-19(16,17)18-14-10-8-13(15)9-11-14;1-3-7-11(8-4-1)13-12-9-5-2-6-10-12/h8-11,15H,2-7,12H2,1H3;1-10H. The summed E-state index contributed by atoms with van der Waals surface area (Å²) in [5.41, 5.74) is 0. The summed E-state index contributed by atoms with van der Waals surface area (Å²) in [7, 11) is -3.52. The molecule has 0 atom stereocenters. The van der Waals surface area contributed by atoms with E-state index >= 15 is 0 Å². The highest BCUT2D eigenvalue weighted by molar-refractivity contribution is 7.99. The molecule has 0 saturated carbocycles. The number of aromatic hydroxyl groups is 1. The Balaban J connectivity index is 0.000000242. The molecule has 0 saturated heterocycles. The van der Waals surface area contributed by atoms with Gasteiger partial charge in [0.15, 0.2) is 0 Å². The zero-order valence-electron chi connectivity index (χ0n) is 18.5. The third-order valence-electron chi connectivity index (χ3n) is 4.53. The number of hydrogen-bond donors (Lipinski definition) is 1. The van der Waals surface area contributed by atoms with Crippen molar-refractivity contribution in [3.8, 4) is 11.5 Å². The van der Waals surface area contributed by atoms with Gasteiger partial charge in [0.2, 0.25) is 0 Å². The molecule has 0 aliphatic heterocycles. The number of hydrogen-bond acceptors (Lipinski definition) is 5. The van der Waals surface area contributed by atoms with Crippen molar-refractivity contribution in [1.29, 1.82) is 0 Å². The highest BCUT2D eigenvalue weighted by Crippen LogP contribution is 2.26. The molecule has 0 spiro atoms. The van der Waals surface area contributed by atoms with E-state index in [9.17, 15) is 8.42 Å². The van der Waals surface area contributed by atoms with Crippen molar-refractivity contribution < 1.29 is 17.7 Å². The first kappa shape index (κ1) is 25.8. The number of benzene rings is 3. The van der Waals surface area contributed by atoms with Gasteiger partial charge in [-0.15, -0.1) is 0 Å². The summed E-state index contributed by atoms with van der Waals surface area (Å²) in [6, 6.07) is 26.5. The molecule has 172 valence electrons. The van der Waals surface area contributed by atoms with E-state index in [-0.39, 0.29) is 17.3 Å². The van der Waals surface area contributed by atoms with Crippen LogP contribution in [0.2, 0.25) is 0 Å². The summed E-state index contributed by atoms with van der Waals surface area (Å²) in [6.45, 7) is 2.15. The molecule has 0 heterocycles. The van der Waals surface area contributed by atoms with Gasteiger partial charge in [-0.1, -0.05) is 87.2 Å². The predicted molar refractivity (Wildman–Crippen MR) is 133 cm³/mol. The van der Waals surface area contributed by atoms with Crippen molar-refractivity contribution in [2.45, 2.75) is 55.2 Å². The molecule has 3 aromatic carbocycles. The van der Waals surface area contributed by atoms with Crippen LogP contribution < -0.4 is 4.18 Å². The Morgan fingerprint density at radius 1 is 0.719 bits per heavy atom. The Labute approximate surface area is 196 Å². The average Bonchev–Trinajstić information content (AvgIpc) is 2.79. The second-order valence-electron chi connectivity index (χ2n) is 7.33. The van der Waals surface area contributed by atoms with Gasteiger partial charge in [0, 0.05) is 9.79 Å². The summed E-state index contributed by atoms with van der Waals surface area (Å²) in [6.07, 6.45) is 6.17. The van der Waals surface area contributed by atoms with Crippen LogP contribution in [0.4, 0.5) is 0 Å². The lowest BCUT2D eigenvalue weighted by Gasteiger charge is -2.07. The lowest BCUT2D eigenvalue weighted by Crippen LogP contribution is -2.13. The lowest BCUT2D eigenvalue weighted by molar-refractivity contribution is 0.467. The van der Waals surface area contributed by atoms with E-state index in [2.05, 4.69) is 55.5 Å². The molecular formula is C26H32O4S2. The first-order chi connectivity index (χ1) is 15.5. The molecule has 6 heteroatoms. The maximum Gasteiger partial charge on any atom is 0.309 e. The second kappa shape index (κ2) is 14.6. The van der Waals surface area contributed by atoms with Crippen molar-refractivity contribution in [3.63, 3.8) is 0 Å². The van der Waals surface area contributed by atoms with Crippen molar-refractivity contribution >= 4 is 21.9 Å². The zero-order valence-corrected chi connectivity index (χ0v) is 20.2. The Hall–Kier alpha value is -2.44. The van der Waals surface area contributed by atoms with Gasteiger partial charge in [-0.25, -0.2) is 0 Å². The molecule has 4 nitrogen and oxygen atoms in total. The van der Waals surface area contributed by atoms with Crippen LogP contribution >= 0.6 is 11.8 Å². The molecule has 0 aliphatic carbocycles. The summed E-state index contributed by atoms with van der Waals surface area (Å²) in [5.74, 6) is 0.365.